The van der Waals surface area contributed by atoms with Crippen molar-refractivity contribution in [3.05, 3.63) is 35.0 Å². The topological polar surface area (TPSA) is 71.2 Å². The first-order valence-corrected chi connectivity index (χ1v) is 7.52. The van der Waals surface area contributed by atoms with Gasteiger partial charge in [0, 0.05) is 17.4 Å². The average molecular weight is 323 g/mol. The number of aromatic amines is 1. The highest BCUT2D eigenvalue weighted by Crippen LogP contribution is 2.27. The van der Waals surface area contributed by atoms with Crippen LogP contribution in [0.2, 0.25) is 5.02 Å². The number of aromatic nitrogens is 1. The lowest BCUT2D eigenvalue weighted by molar-refractivity contribution is -0.129. The molecule has 6 heteroatoms. The molecule has 1 amide bonds. The third-order valence-electron chi connectivity index (χ3n) is 3.18. The summed E-state index contributed by atoms with van der Waals surface area (Å²) in [7, 11) is 0. The molecule has 0 aliphatic rings. The smallest absolute Gasteiger partial charge is 0.357 e. The largest absolute Gasteiger partial charge is 0.448 e. The van der Waals surface area contributed by atoms with Crippen LogP contribution in [0.15, 0.2) is 24.3 Å². The van der Waals surface area contributed by atoms with Crippen molar-refractivity contribution in [1.82, 2.24) is 10.3 Å². The Morgan fingerprint density at radius 3 is 2.59 bits per heavy atom. The predicted molar refractivity (Wildman–Crippen MR) is 86.0 cm³/mol. The molecule has 0 fully saturated rings. The van der Waals surface area contributed by atoms with Gasteiger partial charge in [-0.15, -0.1) is 0 Å². The van der Waals surface area contributed by atoms with Gasteiger partial charge in [-0.25, -0.2) is 4.79 Å². The molecule has 22 heavy (non-hydrogen) atoms. The second-order valence-corrected chi connectivity index (χ2v) is 5.92. The maximum absolute atomic E-state index is 12.2. The highest BCUT2D eigenvalue weighted by molar-refractivity contribution is 6.38. The number of ether oxygens (including phenoxy) is 1. The van der Waals surface area contributed by atoms with E-state index in [0.29, 0.717) is 17.5 Å². The molecule has 0 saturated heterocycles. The summed E-state index contributed by atoms with van der Waals surface area (Å²) in [5.41, 5.74) is 0.905. The summed E-state index contributed by atoms with van der Waals surface area (Å²) < 4.78 is 5.17. The summed E-state index contributed by atoms with van der Waals surface area (Å²) >= 11 is 6.19. The third-order valence-corrected chi connectivity index (χ3v) is 3.58. The number of hydrogen-bond donors (Lipinski definition) is 2. The maximum atomic E-state index is 12.2. The maximum Gasteiger partial charge on any atom is 0.357 e. The number of H-pyrrole nitrogens is 1. The monoisotopic (exact) mass is 322 g/mol. The van der Waals surface area contributed by atoms with Crippen LogP contribution in [0.5, 0.6) is 0 Å². The fourth-order valence-corrected chi connectivity index (χ4v) is 2.26. The van der Waals surface area contributed by atoms with Crippen molar-refractivity contribution in [3.8, 4) is 0 Å². The molecule has 1 aromatic heterocycles. The molecular formula is C16H19ClN2O3. The summed E-state index contributed by atoms with van der Waals surface area (Å²) in [5, 5.41) is 3.77. The fraction of sp³-hybridized carbons (Fsp3) is 0.375. The summed E-state index contributed by atoms with van der Waals surface area (Å²) in [4.78, 5) is 26.9. The molecule has 1 atom stereocenters. The minimum atomic E-state index is -0.881. The standard InChI is InChI=1S/C16H19ClN2O3/c1-9(2)8-18-15(20)10(3)22-16(21)14-13(17)11-6-4-5-7-12(11)19-14/h4-7,9-10,19H,8H2,1-3H3,(H,18,20). The van der Waals surface area contributed by atoms with Crippen LogP contribution in [-0.2, 0) is 9.53 Å². The van der Waals surface area contributed by atoms with Gasteiger partial charge in [-0.1, -0.05) is 43.6 Å². The number of nitrogens with one attached hydrogen (secondary N) is 2. The highest BCUT2D eigenvalue weighted by atomic mass is 35.5. The zero-order valence-corrected chi connectivity index (χ0v) is 13.5. The van der Waals surface area contributed by atoms with Crippen molar-refractivity contribution in [2.45, 2.75) is 26.9 Å². The van der Waals surface area contributed by atoms with E-state index in [2.05, 4.69) is 10.3 Å². The van der Waals surface area contributed by atoms with Crippen molar-refractivity contribution in [2.75, 3.05) is 6.54 Å². The van der Waals surface area contributed by atoms with Gasteiger partial charge in [0.25, 0.3) is 5.91 Å². The minimum Gasteiger partial charge on any atom is -0.448 e. The fourth-order valence-electron chi connectivity index (χ4n) is 1.97. The van der Waals surface area contributed by atoms with Crippen molar-refractivity contribution in [1.29, 1.82) is 0 Å². The first kappa shape index (κ1) is 16.4. The van der Waals surface area contributed by atoms with Gasteiger partial charge in [0.15, 0.2) is 6.10 Å². The molecule has 1 aromatic carbocycles. The second-order valence-electron chi connectivity index (χ2n) is 5.55. The lowest BCUT2D eigenvalue weighted by Gasteiger charge is -2.14. The van der Waals surface area contributed by atoms with Crippen LogP contribution in [0.3, 0.4) is 0 Å². The van der Waals surface area contributed by atoms with Crippen molar-refractivity contribution in [3.63, 3.8) is 0 Å². The van der Waals surface area contributed by atoms with E-state index in [0.717, 1.165) is 10.9 Å². The molecule has 2 N–H and O–H groups in total. The molecule has 0 radical (unpaired) electrons. The Balaban J connectivity index is 2.07. The lowest BCUT2D eigenvalue weighted by Crippen LogP contribution is -2.37. The lowest BCUT2D eigenvalue weighted by atomic mass is 10.2. The summed E-state index contributed by atoms with van der Waals surface area (Å²) in [6.45, 7) is 6.04. The van der Waals surface area contributed by atoms with Crippen LogP contribution in [0, 0.1) is 5.92 Å². The first-order chi connectivity index (χ1) is 10.4. The van der Waals surface area contributed by atoms with Gasteiger partial charge in [-0.05, 0) is 18.9 Å². The molecule has 1 unspecified atom stereocenters. The van der Waals surface area contributed by atoms with Gasteiger partial charge in [0.05, 0.1) is 5.02 Å². The zero-order valence-electron chi connectivity index (χ0n) is 12.8. The van der Waals surface area contributed by atoms with Crippen molar-refractivity contribution >= 4 is 34.4 Å². The number of fused-ring (bicyclic) bond motifs is 1. The van der Waals surface area contributed by atoms with Crippen LogP contribution in [0.25, 0.3) is 10.9 Å². The molecule has 2 rings (SSSR count). The molecule has 0 spiro atoms. The van der Waals surface area contributed by atoms with Crippen molar-refractivity contribution < 1.29 is 14.3 Å². The van der Waals surface area contributed by atoms with Crippen LogP contribution in [0.1, 0.15) is 31.3 Å². The quantitative estimate of drug-likeness (QED) is 0.831. The number of carbonyl (C=O) groups excluding carboxylic acids is 2. The van der Waals surface area contributed by atoms with E-state index >= 15 is 0 Å². The van der Waals surface area contributed by atoms with Crippen LogP contribution >= 0.6 is 11.6 Å². The number of benzene rings is 1. The van der Waals surface area contributed by atoms with E-state index in [1.54, 1.807) is 0 Å². The molecule has 0 aliphatic heterocycles. The summed E-state index contributed by atoms with van der Waals surface area (Å²) in [6, 6.07) is 7.30. The van der Waals surface area contributed by atoms with Crippen LogP contribution in [0.4, 0.5) is 0 Å². The minimum absolute atomic E-state index is 0.159. The number of halogens is 1. The van der Waals surface area contributed by atoms with Gasteiger partial charge in [0.2, 0.25) is 0 Å². The predicted octanol–water partition coefficient (Wildman–Crippen LogP) is 3.14. The van der Waals surface area contributed by atoms with Gasteiger partial charge in [-0.2, -0.15) is 0 Å². The van der Waals surface area contributed by atoms with E-state index < -0.39 is 12.1 Å². The summed E-state index contributed by atoms with van der Waals surface area (Å²) in [6.07, 6.45) is -0.881. The second kappa shape index (κ2) is 6.83. The Bertz CT molecular complexity index is 694. The Morgan fingerprint density at radius 1 is 1.27 bits per heavy atom. The van der Waals surface area contributed by atoms with E-state index in [1.807, 2.05) is 38.1 Å². The van der Waals surface area contributed by atoms with Gasteiger partial charge >= 0.3 is 5.97 Å². The Labute approximate surface area is 134 Å². The SMILES string of the molecule is CC(C)CNC(=O)C(C)OC(=O)c1[nH]c2ccccc2c1Cl. The molecule has 5 nitrogen and oxygen atoms in total. The Morgan fingerprint density at radius 2 is 1.95 bits per heavy atom. The van der Waals surface area contributed by atoms with Crippen molar-refractivity contribution in [2.24, 2.45) is 5.92 Å². The average Bonchev–Trinajstić information content (AvgIpc) is 2.82. The first-order valence-electron chi connectivity index (χ1n) is 7.15. The van der Waals surface area contributed by atoms with Gasteiger partial charge < -0.3 is 15.0 Å². The normalized spacial score (nSPS) is 12.4. The zero-order chi connectivity index (χ0) is 16.3. The van der Waals surface area contributed by atoms with E-state index in [9.17, 15) is 9.59 Å². The molecule has 118 valence electrons. The molecule has 2 aromatic rings. The van der Waals surface area contributed by atoms with E-state index in [-0.39, 0.29) is 11.6 Å². The number of rotatable bonds is 5. The summed E-state index contributed by atoms with van der Waals surface area (Å²) in [5.74, 6) is -0.641. The van der Waals surface area contributed by atoms with Gasteiger partial charge in [-0.3, -0.25) is 4.79 Å². The van der Waals surface area contributed by atoms with Crippen LogP contribution < -0.4 is 5.32 Å². The Kier molecular flexibility index (Phi) is 5.08. The van der Waals surface area contributed by atoms with Crippen LogP contribution in [-0.4, -0.2) is 29.5 Å². The third kappa shape index (κ3) is 3.60. The molecule has 0 aliphatic carbocycles. The van der Waals surface area contributed by atoms with E-state index in [1.165, 1.54) is 6.92 Å². The number of amides is 1. The molecular weight excluding hydrogens is 304 g/mol. The number of para-hydroxylation sites is 1. The van der Waals surface area contributed by atoms with Gasteiger partial charge in [0.1, 0.15) is 5.69 Å². The number of carbonyl (C=O) groups is 2. The Hall–Kier alpha value is -2.01. The molecule has 1 heterocycles. The highest BCUT2D eigenvalue weighted by Gasteiger charge is 2.23. The van der Waals surface area contributed by atoms with E-state index in [4.69, 9.17) is 16.3 Å². The molecule has 0 bridgehead atoms. The molecule has 0 saturated carbocycles. The number of esters is 1. The number of hydrogen-bond acceptors (Lipinski definition) is 3.